The highest BCUT2D eigenvalue weighted by Gasteiger charge is 2.20. The fourth-order valence-electron chi connectivity index (χ4n) is 1.64. The lowest BCUT2D eigenvalue weighted by Gasteiger charge is -2.20. The first kappa shape index (κ1) is 15.6. The molecule has 0 saturated heterocycles. The highest BCUT2D eigenvalue weighted by atomic mass is 79.9. The van der Waals surface area contributed by atoms with Crippen LogP contribution >= 0.6 is 15.9 Å². The van der Waals surface area contributed by atoms with Gasteiger partial charge in [-0.1, -0.05) is 28.9 Å². The van der Waals surface area contributed by atoms with Crippen LogP contribution in [0.1, 0.15) is 19.0 Å². The number of alkyl halides is 1. The lowest BCUT2D eigenvalue weighted by atomic mass is 10.3. The molecule has 18 heavy (non-hydrogen) atoms. The quantitative estimate of drug-likeness (QED) is 0.684. The first-order valence-corrected chi connectivity index (χ1v) is 8.77. The van der Waals surface area contributed by atoms with E-state index in [1.165, 1.54) is 0 Å². The third-order valence-electron chi connectivity index (χ3n) is 2.54. The zero-order chi connectivity index (χ0) is 13.4. The third-order valence-corrected chi connectivity index (χ3v) is 4.77. The zero-order valence-electron chi connectivity index (χ0n) is 10.5. The molecule has 0 atom stereocenters. The van der Waals surface area contributed by atoms with Crippen LogP contribution in [-0.4, -0.2) is 41.9 Å². The Bertz CT molecular complexity index is 431. The molecule has 0 aliphatic heterocycles. The number of halogens is 1. The van der Waals surface area contributed by atoms with Crippen LogP contribution in [0.3, 0.4) is 0 Å². The largest absolute Gasteiger partial charge is 0.261 e. The van der Waals surface area contributed by atoms with Crippen LogP contribution in [0.15, 0.2) is 24.4 Å². The van der Waals surface area contributed by atoms with Crippen molar-refractivity contribution in [3.63, 3.8) is 0 Å². The highest BCUT2D eigenvalue weighted by Crippen LogP contribution is 2.07. The van der Waals surface area contributed by atoms with Crippen LogP contribution in [0.2, 0.25) is 0 Å². The summed E-state index contributed by atoms with van der Waals surface area (Å²) >= 11 is 3.29. The first-order valence-electron chi connectivity index (χ1n) is 6.04. The van der Waals surface area contributed by atoms with E-state index >= 15 is 0 Å². The van der Waals surface area contributed by atoms with Crippen molar-refractivity contribution in [1.29, 1.82) is 0 Å². The molecule has 102 valence electrons. The number of aromatic nitrogens is 1. The Labute approximate surface area is 118 Å². The Morgan fingerprint density at radius 2 is 2.11 bits per heavy atom. The first-order chi connectivity index (χ1) is 8.60. The van der Waals surface area contributed by atoms with E-state index in [4.69, 9.17) is 0 Å². The summed E-state index contributed by atoms with van der Waals surface area (Å²) in [6, 6.07) is 5.55. The van der Waals surface area contributed by atoms with Crippen LogP contribution in [0.25, 0.3) is 0 Å². The number of aryl methyl sites for hydroxylation is 1. The van der Waals surface area contributed by atoms with Gasteiger partial charge in [0.2, 0.25) is 10.0 Å². The van der Waals surface area contributed by atoms with Gasteiger partial charge in [0.05, 0.1) is 5.75 Å². The summed E-state index contributed by atoms with van der Waals surface area (Å²) < 4.78 is 25.9. The molecular weight excluding hydrogens is 316 g/mol. The second-order valence-corrected chi connectivity index (χ2v) is 6.86. The Hall–Kier alpha value is -0.460. The third kappa shape index (κ3) is 5.04. The molecule has 0 amide bonds. The highest BCUT2D eigenvalue weighted by molar-refractivity contribution is 9.09. The minimum absolute atomic E-state index is 0.122. The molecule has 1 aromatic heterocycles. The Morgan fingerprint density at radius 3 is 2.67 bits per heavy atom. The predicted molar refractivity (Wildman–Crippen MR) is 77.4 cm³/mol. The molecule has 0 aliphatic rings. The fourth-order valence-corrected chi connectivity index (χ4v) is 3.86. The summed E-state index contributed by atoms with van der Waals surface area (Å²) in [6.07, 6.45) is 2.98. The summed E-state index contributed by atoms with van der Waals surface area (Å²) in [7, 11) is -3.18. The van der Waals surface area contributed by atoms with E-state index in [-0.39, 0.29) is 5.75 Å². The van der Waals surface area contributed by atoms with Crippen LogP contribution in [-0.2, 0) is 16.4 Å². The summed E-state index contributed by atoms with van der Waals surface area (Å²) in [5, 5.41) is 0.663. The van der Waals surface area contributed by atoms with Crippen molar-refractivity contribution in [2.75, 3.05) is 24.2 Å². The van der Waals surface area contributed by atoms with Gasteiger partial charge in [0.15, 0.2) is 0 Å². The standard InChI is InChI=1S/C12H19BrN2O2S/c1-2-9-15(10-7-13)18(16,17)11-6-12-5-3-4-8-14-12/h3-5,8H,2,6-7,9-11H2,1H3. The number of rotatable bonds is 8. The molecular formula is C12H19BrN2O2S. The molecule has 6 heteroatoms. The van der Waals surface area contributed by atoms with E-state index in [1.807, 2.05) is 25.1 Å². The van der Waals surface area contributed by atoms with E-state index in [0.29, 0.717) is 24.8 Å². The number of nitrogens with zero attached hydrogens (tertiary/aromatic N) is 2. The Morgan fingerprint density at radius 1 is 1.33 bits per heavy atom. The maximum atomic E-state index is 12.2. The lowest BCUT2D eigenvalue weighted by molar-refractivity contribution is 0.430. The minimum Gasteiger partial charge on any atom is -0.261 e. The molecule has 0 fully saturated rings. The maximum Gasteiger partial charge on any atom is 0.214 e. The van der Waals surface area contributed by atoms with Crippen molar-refractivity contribution in [3.8, 4) is 0 Å². The predicted octanol–water partition coefficient (Wildman–Crippen LogP) is 2.06. The van der Waals surface area contributed by atoms with Gasteiger partial charge in [-0.05, 0) is 18.6 Å². The number of hydrogen-bond donors (Lipinski definition) is 0. The lowest BCUT2D eigenvalue weighted by Crippen LogP contribution is -2.35. The molecule has 0 saturated carbocycles. The van der Waals surface area contributed by atoms with Crippen molar-refractivity contribution < 1.29 is 8.42 Å². The van der Waals surface area contributed by atoms with Crippen molar-refractivity contribution in [2.45, 2.75) is 19.8 Å². The summed E-state index contributed by atoms with van der Waals surface area (Å²) in [4.78, 5) is 4.14. The van der Waals surface area contributed by atoms with Gasteiger partial charge in [0.1, 0.15) is 0 Å². The smallest absolute Gasteiger partial charge is 0.214 e. The van der Waals surface area contributed by atoms with Crippen LogP contribution in [0, 0.1) is 0 Å². The van der Waals surface area contributed by atoms with Gasteiger partial charge < -0.3 is 0 Å². The molecule has 0 unspecified atom stereocenters. The van der Waals surface area contributed by atoms with Gasteiger partial charge in [-0.25, -0.2) is 12.7 Å². The monoisotopic (exact) mass is 334 g/mol. The number of sulfonamides is 1. The molecule has 1 rings (SSSR count). The van der Waals surface area contributed by atoms with Crippen molar-refractivity contribution in [2.24, 2.45) is 0 Å². The fraction of sp³-hybridized carbons (Fsp3) is 0.583. The van der Waals surface area contributed by atoms with Crippen molar-refractivity contribution in [1.82, 2.24) is 9.29 Å². The SMILES string of the molecule is CCCN(CCBr)S(=O)(=O)CCc1ccccn1. The molecule has 0 bridgehead atoms. The van der Waals surface area contributed by atoms with Crippen molar-refractivity contribution >= 4 is 26.0 Å². The topological polar surface area (TPSA) is 50.3 Å². The van der Waals surface area contributed by atoms with Gasteiger partial charge in [0.25, 0.3) is 0 Å². The van der Waals surface area contributed by atoms with Gasteiger partial charge >= 0.3 is 0 Å². The van der Waals surface area contributed by atoms with Crippen LogP contribution in [0.4, 0.5) is 0 Å². The van der Waals surface area contributed by atoms with Crippen LogP contribution in [0.5, 0.6) is 0 Å². The van der Waals surface area contributed by atoms with Crippen LogP contribution < -0.4 is 0 Å². The summed E-state index contributed by atoms with van der Waals surface area (Å²) in [5.74, 6) is 0.122. The summed E-state index contributed by atoms with van der Waals surface area (Å²) in [5.41, 5.74) is 0.816. The Kier molecular flexibility index (Phi) is 6.81. The molecule has 1 heterocycles. The van der Waals surface area contributed by atoms with Gasteiger partial charge in [-0.15, -0.1) is 0 Å². The molecule has 0 spiro atoms. The average Bonchev–Trinajstić information content (AvgIpc) is 2.37. The molecule has 1 aromatic rings. The molecule has 0 N–H and O–H groups in total. The van der Waals surface area contributed by atoms with E-state index in [9.17, 15) is 8.42 Å². The van der Waals surface area contributed by atoms with E-state index < -0.39 is 10.0 Å². The van der Waals surface area contributed by atoms with Crippen molar-refractivity contribution in [3.05, 3.63) is 30.1 Å². The number of hydrogen-bond acceptors (Lipinski definition) is 3. The molecule has 4 nitrogen and oxygen atoms in total. The summed E-state index contributed by atoms with van der Waals surface area (Å²) in [6.45, 7) is 3.09. The van der Waals surface area contributed by atoms with Gasteiger partial charge in [-0.2, -0.15) is 0 Å². The minimum atomic E-state index is -3.18. The average molecular weight is 335 g/mol. The maximum absolute atomic E-state index is 12.2. The van der Waals surface area contributed by atoms with Gasteiger partial charge in [0, 0.05) is 36.7 Å². The van der Waals surface area contributed by atoms with E-state index in [2.05, 4.69) is 20.9 Å². The zero-order valence-corrected chi connectivity index (χ0v) is 13.0. The Balaban J connectivity index is 2.62. The second-order valence-electron chi connectivity index (χ2n) is 3.98. The van der Waals surface area contributed by atoms with Gasteiger partial charge in [-0.3, -0.25) is 4.98 Å². The van der Waals surface area contributed by atoms with E-state index in [1.54, 1.807) is 10.5 Å². The molecule has 0 aliphatic carbocycles. The van der Waals surface area contributed by atoms with E-state index in [0.717, 1.165) is 12.1 Å². The second kappa shape index (κ2) is 7.86. The normalized spacial score (nSPS) is 11.9. The number of pyridine rings is 1. The molecule has 0 radical (unpaired) electrons. The molecule has 0 aromatic carbocycles.